The van der Waals surface area contributed by atoms with Crippen LogP contribution in [-0.4, -0.2) is 4.92 Å². The van der Waals surface area contributed by atoms with Crippen LogP contribution < -0.4 is 4.74 Å². The molecule has 0 radical (unpaired) electrons. The van der Waals surface area contributed by atoms with Gasteiger partial charge in [0.25, 0.3) is 0 Å². The van der Waals surface area contributed by atoms with Crippen LogP contribution in [0.15, 0.2) is 71.2 Å². The number of rotatable bonds is 3. The third-order valence-electron chi connectivity index (χ3n) is 4.35. The van der Waals surface area contributed by atoms with E-state index in [2.05, 4.69) is 22.0 Å². The first kappa shape index (κ1) is 16.5. The van der Waals surface area contributed by atoms with Crippen LogP contribution in [-0.2, 0) is 0 Å². The molecular weight excluding hydrogens is 394 g/mol. The van der Waals surface area contributed by atoms with Crippen LogP contribution in [0.2, 0.25) is 0 Å². The van der Waals surface area contributed by atoms with Crippen molar-refractivity contribution in [1.29, 1.82) is 0 Å². The average molecular weight is 408 g/mol. The van der Waals surface area contributed by atoms with Crippen molar-refractivity contribution in [2.45, 2.75) is 6.92 Å². The Labute approximate surface area is 158 Å². The first-order valence-corrected chi connectivity index (χ1v) is 8.87. The van der Waals surface area contributed by atoms with Gasteiger partial charge in [0, 0.05) is 16.8 Å². The Kier molecular flexibility index (Phi) is 4.09. The van der Waals surface area contributed by atoms with Gasteiger partial charge < -0.3 is 4.74 Å². The fourth-order valence-electron chi connectivity index (χ4n) is 3.13. The number of nitrogens with zero attached hydrogens (tertiary/aromatic N) is 1. The summed E-state index contributed by atoms with van der Waals surface area (Å²) in [6.45, 7) is 1.88. The monoisotopic (exact) mass is 407 g/mol. The van der Waals surface area contributed by atoms with Gasteiger partial charge in [-0.2, -0.15) is 0 Å². The maximum atomic E-state index is 11.4. The van der Waals surface area contributed by atoms with Crippen molar-refractivity contribution in [2.75, 3.05) is 0 Å². The molecule has 4 aromatic carbocycles. The van der Waals surface area contributed by atoms with E-state index in [-0.39, 0.29) is 11.4 Å². The van der Waals surface area contributed by atoms with Crippen molar-refractivity contribution >= 4 is 43.2 Å². The van der Waals surface area contributed by atoms with Crippen molar-refractivity contribution < 1.29 is 9.66 Å². The molecule has 4 aromatic rings. The lowest BCUT2D eigenvalue weighted by Crippen LogP contribution is -1.96. The van der Waals surface area contributed by atoms with E-state index in [1.807, 2.05) is 49.4 Å². The summed E-state index contributed by atoms with van der Waals surface area (Å²) >= 11 is 3.65. The zero-order chi connectivity index (χ0) is 18.3. The number of nitro groups is 1. The van der Waals surface area contributed by atoms with Gasteiger partial charge in [-0.05, 0) is 45.3 Å². The number of halogens is 1. The molecule has 0 atom stereocenters. The number of nitro benzene ring substituents is 1. The molecule has 0 aliphatic rings. The molecule has 4 rings (SSSR count). The van der Waals surface area contributed by atoms with E-state index in [4.69, 9.17) is 4.74 Å². The van der Waals surface area contributed by atoms with Crippen LogP contribution >= 0.6 is 15.9 Å². The molecule has 0 aliphatic heterocycles. The van der Waals surface area contributed by atoms with Crippen molar-refractivity contribution in [1.82, 2.24) is 0 Å². The lowest BCUT2D eigenvalue weighted by Gasteiger charge is -2.15. The minimum absolute atomic E-state index is 0.0558. The van der Waals surface area contributed by atoms with Crippen LogP contribution in [0, 0.1) is 17.0 Å². The number of ether oxygens (including phenoxy) is 1. The summed E-state index contributed by atoms with van der Waals surface area (Å²) in [6.07, 6.45) is 0. The van der Waals surface area contributed by atoms with Gasteiger partial charge >= 0.3 is 5.69 Å². The topological polar surface area (TPSA) is 52.4 Å². The van der Waals surface area contributed by atoms with Crippen LogP contribution in [0.3, 0.4) is 0 Å². The predicted octanol–water partition coefficient (Wildman–Crippen LogP) is 6.76. The molecule has 0 saturated carbocycles. The lowest BCUT2D eigenvalue weighted by molar-refractivity contribution is -0.385. The maximum Gasteiger partial charge on any atom is 0.311 e. The summed E-state index contributed by atoms with van der Waals surface area (Å²) in [5.74, 6) is 0.809. The van der Waals surface area contributed by atoms with E-state index in [0.29, 0.717) is 5.75 Å². The molecule has 26 heavy (non-hydrogen) atoms. The van der Waals surface area contributed by atoms with E-state index >= 15 is 0 Å². The van der Waals surface area contributed by atoms with Gasteiger partial charge in [0.1, 0.15) is 5.75 Å². The van der Waals surface area contributed by atoms with Crippen LogP contribution in [0.25, 0.3) is 21.5 Å². The molecule has 0 bridgehead atoms. The van der Waals surface area contributed by atoms with Crippen molar-refractivity contribution in [2.24, 2.45) is 0 Å². The fraction of sp³-hybridized carbons (Fsp3) is 0.0476. The van der Waals surface area contributed by atoms with Crippen LogP contribution in [0.4, 0.5) is 5.69 Å². The third kappa shape index (κ3) is 2.70. The minimum Gasteiger partial charge on any atom is -0.448 e. The highest BCUT2D eigenvalue weighted by Crippen LogP contribution is 2.44. The molecule has 0 saturated heterocycles. The summed E-state index contributed by atoms with van der Waals surface area (Å²) in [5, 5.41) is 15.4. The molecule has 0 N–H and O–H groups in total. The molecule has 128 valence electrons. The van der Waals surface area contributed by atoms with Crippen molar-refractivity contribution in [3.05, 3.63) is 86.9 Å². The first-order valence-electron chi connectivity index (χ1n) is 8.08. The van der Waals surface area contributed by atoms with E-state index in [1.54, 1.807) is 12.1 Å². The molecule has 0 amide bonds. The Hall–Kier alpha value is -2.92. The smallest absolute Gasteiger partial charge is 0.311 e. The molecule has 0 aromatic heterocycles. The van der Waals surface area contributed by atoms with E-state index in [0.717, 1.165) is 31.6 Å². The quantitative estimate of drug-likeness (QED) is 0.214. The summed E-state index contributed by atoms with van der Waals surface area (Å²) in [4.78, 5) is 11.0. The molecular formula is C21H14BrNO3. The molecule has 0 heterocycles. The van der Waals surface area contributed by atoms with Gasteiger partial charge in [-0.15, -0.1) is 0 Å². The second kappa shape index (κ2) is 6.42. The summed E-state index contributed by atoms with van der Waals surface area (Å²) in [5.41, 5.74) is 0.839. The van der Waals surface area contributed by atoms with Gasteiger partial charge in [-0.3, -0.25) is 10.1 Å². The SMILES string of the molecule is Cc1ccc([N+](=O)[O-])c(Oc2c(Br)c3ccccc3c3ccccc23)c1. The van der Waals surface area contributed by atoms with Gasteiger partial charge in [0.2, 0.25) is 5.75 Å². The van der Waals surface area contributed by atoms with E-state index < -0.39 is 4.92 Å². The summed E-state index contributed by atoms with van der Waals surface area (Å²) in [6, 6.07) is 20.8. The molecule has 0 unspecified atom stereocenters. The number of hydrogen-bond donors (Lipinski definition) is 0. The Morgan fingerprint density at radius 3 is 2.12 bits per heavy atom. The number of aryl methyl sites for hydroxylation is 1. The van der Waals surface area contributed by atoms with Gasteiger partial charge in [0.05, 0.1) is 9.40 Å². The molecule has 5 heteroatoms. The molecule has 0 spiro atoms. The normalized spacial score (nSPS) is 11.0. The number of benzene rings is 4. The Bertz CT molecular complexity index is 1170. The second-order valence-corrected chi connectivity index (χ2v) is 6.86. The zero-order valence-electron chi connectivity index (χ0n) is 13.9. The highest BCUT2D eigenvalue weighted by atomic mass is 79.9. The van der Waals surface area contributed by atoms with Crippen molar-refractivity contribution in [3.63, 3.8) is 0 Å². The number of hydrogen-bond acceptors (Lipinski definition) is 3. The predicted molar refractivity (Wildman–Crippen MR) is 107 cm³/mol. The third-order valence-corrected chi connectivity index (χ3v) is 5.14. The Balaban J connectivity index is 2.02. The fourth-order valence-corrected chi connectivity index (χ4v) is 3.77. The average Bonchev–Trinajstić information content (AvgIpc) is 2.65. The molecule has 0 fully saturated rings. The van der Waals surface area contributed by atoms with Crippen LogP contribution in [0.1, 0.15) is 5.56 Å². The Morgan fingerprint density at radius 1 is 0.885 bits per heavy atom. The van der Waals surface area contributed by atoms with Gasteiger partial charge in [0.15, 0.2) is 0 Å². The lowest BCUT2D eigenvalue weighted by atomic mass is 10.0. The number of fused-ring (bicyclic) bond motifs is 3. The standard InChI is InChI=1S/C21H14BrNO3/c1-13-10-11-18(23(24)25)19(12-13)26-21-17-9-5-3-7-15(17)14-6-2-4-8-16(14)20(21)22/h2-12H,1H3. The second-order valence-electron chi connectivity index (χ2n) is 6.06. The largest absolute Gasteiger partial charge is 0.448 e. The first-order chi connectivity index (χ1) is 12.6. The van der Waals surface area contributed by atoms with E-state index in [1.165, 1.54) is 6.07 Å². The van der Waals surface area contributed by atoms with Crippen molar-refractivity contribution in [3.8, 4) is 11.5 Å². The summed E-state index contributed by atoms with van der Waals surface area (Å²) < 4.78 is 6.90. The maximum absolute atomic E-state index is 11.4. The van der Waals surface area contributed by atoms with Gasteiger partial charge in [-0.1, -0.05) is 54.6 Å². The van der Waals surface area contributed by atoms with Gasteiger partial charge in [-0.25, -0.2) is 0 Å². The highest BCUT2D eigenvalue weighted by Gasteiger charge is 2.20. The Morgan fingerprint density at radius 2 is 1.46 bits per heavy atom. The minimum atomic E-state index is -0.425. The molecule has 0 aliphatic carbocycles. The summed E-state index contributed by atoms with van der Waals surface area (Å²) in [7, 11) is 0. The van der Waals surface area contributed by atoms with Crippen LogP contribution in [0.5, 0.6) is 11.5 Å². The molecule has 4 nitrogen and oxygen atoms in total. The van der Waals surface area contributed by atoms with E-state index in [9.17, 15) is 10.1 Å². The highest BCUT2D eigenvalue weighted by molar-refractivity contribution is 9.10. The zero-order valence-corrected chi connectivity index (χ0v) is 15.5.